The summed E-state index contributed by atoms with van der Waals surface area (Å²) in [5.74, 6) is 0.00787. The van der Waals surface area contributed by atoms with Crippen molar-refractivity contribution in [2.45, 2.75) is 19.3 Å². The largest absolute Gasteiger partial charge is 0.396 e. The third kappa shape index (κ3) is 2.74. The van der Waals surface area contributed by atoms with Crippen LogP contribution >= 0.6 is 11.6 Å². The Balaban J connectivity index is 2.25. The standard InChI is InChI=1S/C14H17ClN2O/c1-10-7-12(17(2)16-10)8-11(9-18)13-5-3-4-6-14(13)15/h3-7,11,18H,8-9H2,1-2H3. The summed E-state index contributed by atoms with van der Waals surface area (Å²) in [5.41, 5.74) is 3.08. The van der Waals surface area contributed by atoms with Gasteiger partial charge in [0.2, 0.25) is 0 Å². The van der Waals surface area contributed by atoms with Crippen molar-refractivity contribution in [3.8, 4) is 0 Å². The average Bonchev–Trinajstić information content (AvgIpc) is 2.66. The third-order valence-electron chi connectivity index (χ3n) is 3.12. The van der Waals surface area contributed by atoms with Crippen LogP contribution in [-0.2, 0) is 13.5 Å². The molecule has 0 aliphatic heterocycles. The van der Waals surface area contributed by atoms with E-state index in [4.69, 9.17) is 11.6 Å². The molecule has 0 saturated carbocycles. The maximum absolute atomic E-state index is 9.57. The van der Waals surface area contributed by atoms with Crippen LogP contribution in [0.15, 0.2) is 30.3 Å². The molecular formula is C14H17ClN2O. The van der Waals surface area contributed by atoms with Crippen molar-refractivity contribution < 1.29 is 5.11 Å². The van der Waals surface area contributed by atoms with E-state index in [1.807, 2.05) is 49.0 Å². The topological polar surface area (TPSA) is 38.0 Å². The smallest absolute Gasteiger partial charge is 0.0596 e. The van der Waals surface area contributed by atoms with Gasteiger partial charge in [0, 0.05) is 23.7 Å². The van der Waals surface area contributed by atoms with Crippen LogP contribution in [0, 0.1) is 6.92 Å². The maximum atomic E-state index is 9.57. The SMILES string of the molecule is Cc1cc(CC(CO)c2ccccc2Cl)n(C)n1. The highest BCUT2D eigenvalue weighted by Gasteiger charge is 2.16. The van der Waals surface area contributed by atoms with Crippen LogP contribution in [0.1, 0.15) is 22.9 Å². The summed E-state index contributed by atoms with van der Waals surface area (Å²) in [5, 5.41) is 14.6. The number of nitrogens with zero attached hydrogens (tertiary/aromatic N) is 2. The first-order chi connectivity index (χ1) is 8.61. The Morgan fingerprint density at radius 2 is 2.11 bits per heavy atom. The number of aryl methyl sites for hydroxylation is 2. The van der Waals surface area contributed by atoms with Gasteiger partial charge >= 0.3 is 0 Å². The van der Waals surface area contributed by atoms with E-state index in [0.717, 1.165) is 23.4 Å². The number of halogens is 1. The number of aromatic nitrogens is 2. The summed E-state index contributed by atoms with van der Waals surface area (Å²) in [6.07, 6.45) is 0.734. The van der Waals surface area contributed by atoms with E-state index in [1.165, 1.54) is 0 Å². The molecule has 0 fully saturated rings. The Labute approximate surface area is 112 Å². The van der Waals surface area contributed by atoms with E-state index in [0.29, 0.717) is 5.02 Å². The fraction of sp³-hybridized carbons (Fsp3) is 0.357. The van der Waals surface area contributed by atoms with Crippen LogP contribution < -0.4 is 0 Å². The maximum Gasteiger partial charge on any atom is 0.0596 e. The van der Waals surface area contributed by atoms with Crippen LogP contribution in [0.25, 0.3) is 0 Å². The van der Waals surface area contributed by atoms with Crippen LogP contribution in [0.5, 0.6) is 0 Å². The highest BCUT2D eigenvalue weighted by molar-refractivity contribution is 6.31. The zero-order chi connectivity index (χ0) is 13.1. The zero-order valence-electron chi connectivity index (χ0n) is 10.6. The molecule has 18 heavy (non-hydrogen) atoms. The highest BCUT2D eigenvalue weighted by atomic mass is 35.5. The Morgan fingerprint density at radius 3 is 2.67 bits per heavy atom. The monoisotopic (exact) mass is 264 g/mol. The summed E-state index contributed by atoms with van der Waals surface area (Å²) < 4.78 is 1.86. The van der Waals surface area contributed by atoms with Gasteiger partial charge in [-0.3, -0.25) is 4.68 Å². The Hall–Kier alpha value is -1.32. The van der Waals surface area contributed by atoms with Crippen LogP contribution in [0.4, 0.5) is 0 Å². The van der Waals surface area contributed by atoms with Crippen LogP contribution in [0.2, 0.25) is 5.02 Å². The number of aliphatic hydroxyl groups is 1. The van der Waals surface area contributed by atoms with Crippen molar-refractivity contribution in [1.29, 1.82) is 0 Å². The molecule has 3 nitrogen and oxygen atoms in total. The lowest BCUT2D eigenvalue weighted by Crippen LogP contribution is -2.11. The van der Waals surface area contributed by atoms with Crippen molar-refractivity contribution in [2.75, 3.05) is 6.61 Å². The molecule has 1 atom stereocenters. The lowest BCUT2D eigenvalue weighted by atomic mass is 9.95. The number of rotatable bonds is 4. The molecule has 0 radical (unpaired) electrons. The Morgan fingerprint density at radius 1 is 1.39 bits per heavy atom. The molecule has 1 aromatic heterocycles. The molecule has 1 N–H and O–H groups in total. The van der Waals surface area contributed by atoms with Gasteiger partial charge in [0.15, 0.2) is 0 Å². The van der Waals surface area contributed by atoms with Crippen LogP contribution in [0.3, 0.4) is 0 Å². The molecule has 2 aromatic rings. The van der Waals surface area contributed by atoms with Gasteiger partial charge in [-0.1, -0.05) is 29.8 Å². The minimum absolute atomic E-state index is 0.00787. The van der Waals surface area contributed by atoms with Gasteiger partial charge in [0.25, 0.3) is 0 Å². The first kappa shape index (κ1) is 13.1. The van der Waals surface area contributed by atoms with Crippen molar-refractivity contribution in [1.82, 2.24) is 9.78 Å². The predicted molar refractivity (Wildman–Crippen MR) is 72.9 cm³/mol. The van der Waals surface area contributed by atoms with Crippen molar-refractivity contribution in [2.24, 2.45) is 7.05 Å². The summed E-state index contributed by atoms with van der Waals surface area (Å²) in [7, 11) is 1.92. The molecule has 4 heteroatoms. The number of aliphatic hydroxyl groups excluding tert-OH is 1. The first-order valence-corrected chi connectivity index (χ1v) is 6.34. The minimum atomic E-state index is 0.00787. The lowest BCUT2D eigenvalue weighted by molar-refractivity contribution is 0.263. The summed E-state index contributed by atoms with van der Waals surface area (Å²) in [6, 6.07) is 9.70. The number of hydrogen-bond donors (Lipinski definition) is 1. The molecule has 1 unspecified atom stereocenters. The molecule has 0 aliphatic rings. The second-order valence-electron chi connectivity index (χ2n) is 4.51. The van der Waals surface area contributed by atoms with Crippen molar-refractivity contribution >= 4 is 11.6 Å². The van der Waals surface area contributed by atoms with Crippen molar-refractivity contribution in [3.63, 3.8) is 0 Å². The van der Waals surface area contributed by atoms with E-state index in [9.17, 15) is 5.11 Å². The van der Waals surface area contributed by atoms with Gasteiger partial charge in [0.1, 0.15) is 0 Å². The summed E-state index contributed by atoms with van der Waals surface area (Å²) in [4.78, 5) is 0. The van der Waals surface area contributed by atoms with Crippen LogP contribution in [-0.4, -0.2) is 21.5 Å². The van der Waals surface area contributed by atoms with E-state index in [1.54, 1.807) is 0 Å². The lowest BCUT2D eigenvalue weighted by Gasteiger charge is -2.16. The fourth-order valence-corrected chi connectivity index (χ4v) is 2.48. The summed E-state index contributed by atoms with van der Waals surface area (Å²) in [6.45, 7) is 2.04. The molecule has 2 rings (SSSR count). The van der Waals surface area contributed by atoms with Gasteiger partial charge in [-0.15, -0.1) is 0 Å². The average molecular weight is 265 g/mol. The molecule has 0 amide bonds. The highest BCUT2D eigenvalue weighted by Crippen LogP contribution is 2.27. The first-order valence-electron chi connectivity index (χ1n) is 5.96. The van der Waals surface area contributed by atoms with Gasteiger partial charge in [0.05, 0.1) is 12.3 Å². The normalized spacial score (nSPS) is 12.7. The van der Waals surface area contributed by atoms with Crippen molar-refractivity contribution in [3.05, 3.63) is 52.3 Å². The Kier molecular flexibility index (Phi) is 4.04. The van der Waals surface area contributed by atoms with E-state index >= 15 is 0 Å². The van der Waals surface area contributed by atoms with Gasteiger partial charge < -0.3 is 5.11 Å². The minimum Gasteiger partial charge on any atom is -0.396 e. The number of hydrogen-bond acceptors (Lipinski definition) is 2. The van der Waals surface area contributed by atoms with E-state index < -0.39 is 0 Å². The molecule has 0 bridgehead atoms. The molecule has 0 spiro atoms. The molecular weight excluding hydrogens is 248 g/mol. The van der Waals surface area contributed by atoms with Gasteiger partial charge in [-0.2, -0.15) is 5.10 Å². The third-order valence-corrected chi connectivity index (χ3v) is 3.46. The fourth-order valence-electron chi connectivity index (χ4n) is 2.19. The van der Waals surface area contributed by atoms with Gasteiger partial charge in [-0.25, -0.2) is 0 Å². The predicted octanol–water partition coefficient (Wildman–Crippen LogP) is 2.70. The zero-order valence-corrected chi connectivity index (χ0v) is 11.4. The Bertz CT molecular complexity index is 536. The summed E-state index contributed by atoms with van der Waals surface area (Å²) >= 11 is 6.18. The molecule has 1 heterocycles. The van der Waals surface area contributed by atoms with E-state index in [-0.39, 0.29) is 12.5 Å². The molecule has 0 aliphatic carbocycles. The quantitative estimate of drug-likeness (QED) is 0.922. The number of benzene rings is 1. The second-order valence-corrected chi connectivity index (χ2v) is 4.91. The van der Waals surface area contributed by atoms with E-state index in [2.05, 4.69) is 5.10 Å². The molecule has 96 valence electrons. The van der Waals surface area contributed by atoms with Gasteiger partial charge in [-0.05, 0) is 31.0 Å². The molecule has 1 aromatic carbocycles. The molecule has 0 saturated heterocycles. The second kappa shape index (κ2) is 5.55.